The lowest BCUT2D eigenvalue weighted by Crippen LogP contribution is -2.42. The number of hydrogen-bond donors (Lipinski definition) is 2. The van der Waals surface area contributed by atoms with Crippen molar-refractivity contribution in [1.82, 2.24) is 4.72 Å². The predicted molar refractivity (Wildman–Crippen MR) is 81.2 cm³/mol. The van der Waals surface area contributed by atoms with Crippen molar-refractivity contribution in [3.05, 3.63) is 24.3 Å². The van der Waals surface area contributed by atoms with Gasteiger partial charge >= 0.3 is 10.2 Å². The van der Waals surface area contributed by atoms with Crippen molar-refractivity contribution in [1.29, 1.82) is 0 Å². The lowest BCUT2D eigenvalue weighted by molar-refractivity contribution is 0.415. The van der Waals surface area contributed by atoms with Gasteiger partial charge in [0.2, 0.25) is 0 Å². The average Bonchev–Trinajstić information content (AvgIpc) is 2.46. The summed E-state index contributed by atoms with van der Waals surface area (Å²) in [5, 5.41) is 0. The van der Waals surface area contributed by atoms with Crippen molar-refractivity contribution in [2.24, 2.45) is 5.73 Å². The number of anilines is 1. The SMILES string of the molecule is CCCNS(=O)(=O)N(CCCN)c1ccccc1OC. The first-order valence-corrected chi connectivity index (χ1v) is 8.11. The van der Waals surface area contributed by atoms with Gasteiger partial charge < -0.3 is 10.5 Å². The normalized spacial score (nSPS) is 11.3. The summed E-state index contributed by atoms with van der Waals surface area (Å²) in [5.41, 5.74) is 6.02. The highest BCUT2D eigenvalue weighted by molar-refractivity contribution is 7.90. The van der Waals surface area contributed by atoms with E-state index in [1.54, 1.807) is 24.3 Å². The Bertz CT molecular complexity index is 505. The van der Waals surface area contributed by atoms with E-state index < -0.39 is 10.2 Å². The summed E-state index contributed by atoms with van der Waals surface area (Å²) in [5.74, 6) is 0.520. The van der Waals surface area contributed by atoms with Crippen LogP contribution in [-0.2, 0) is 10.2 Å². The Morgan fingerprint density at radius 3 is 2.65 bits per heavy atom. The first kappa shape index (κ1) is 16.7. The predicted octanol–water partition coefficient (Wildman–Crippen LogP) is 1.09. The van der Waals surface area contributed by atoms with Crippen molar-refractivity contribution in [2.75, 3.05) is 31.0 Å². The van der Waals surface area contributed by atoms with E-state index in [2.05, 4.69) is 4.72 Å². The lowest BCUT2D eigenvalue weighted by atomic mass is 10.3. The summed E-state index contributed by atoms with van der Waals surface area (Å²) >= 11 is 0. The van der Waals surface area contributed by atoms with Crippen molar-refractivity contribution >= 4 is 15.9 Å². The Labute approximate surface area is 121 Å². The summed E-state index contributed by atoms with van der Waals surface area (Å²) in [6.45, 7) is 3.05. The van der Waals surface area contributed by atoms with E-state index in [4.69, 9.17) is 10.5 Å². The maximum absolute atomic E-state index is 12.4. The largest absolute Gasteiger partial charge is 0.495 e. The van der Waals surface area contributed by atoms with Crippen molar-refractivity contribution in [2.45, 2.75) is 19.8 Å². The van der Waals surface area contributed by atoms with E-state index in [0.717, 1.165) is 6.42 Å². The minimum absolute atomic E-state index is 0.315. The Hall–Kier alpha value is -1.31. The molecule has 114 valence electrons. The maximum atomic E-state index is 12.4. The van der Waals surface area contributed by atoms with Gasteiger partial charge in [-0.3, -0.25) is 4.31 Å². The summed E-state index contributed by atoms with van der Waals surface area (Å²) in [6, 6.07) is 7.04. The minimum Gasteiger partial charge on any atom is -0.495 e. The number of nitrogens with zero attached hydrogens (tertiary/aromatic N) is 1. The second-order valence-electron chi connectivity index (χ2n) is 4.29. The molecular formula is C13H23N3O3S. The average molecular weight is 301 g/mol. The fourth-order valence-electron chi connectivity index (χ4n) is 1.75. The molecule has 0 unspecified atom stereocenters. The van der Waals surface area contributed by atoms with Crippen LogP contribution in [0.25, 0.3) is 0 Å². The van der Waals surface area contributed by atoms with Crippen LogP contribution >= 0.6 is 0 Å². The number of ether oxygens (including phenoxy) is 1. The van der Waals surface area contributed by atoms with E-state index in [-0.39, 0.29) is 0 Å². The molecule has 1 rings (SSSR count). The van der Waals surface area contributed by atoms with Crippen molar-refractivity contribution < 1.29 is 13.2 Å². The monoisotopic (exact) mass is 301 g/mol. The molecule has 20 heavy (non-hydrogen) atoms. The first-order valence-electron chi connectivity index (χ1n) is 6.67. The Morgan fingerprint density at radius 1 is 1.35 bits per heavy atom. The second kappa shape index (κ2) is 8.08. The van der Waals surface area contributed by atoms with E-state index in [0.29, 0.717) is 37.5 Å². The molecule has 1 aromatic carbocycles. The molecule has 3 N–H and O–H groups in total. The number of rotatable bonds is 9. The van der Waals surface area contributed by atoms with Gasteiger partial charge in [0.25, 0.3) is 0 Å². The van der Waals surface area contributed by atoms with E-state index in [1.165, 1.54) is 11.4 Å². The molecule has 0 spiro atoms. The maximum Gasteiger partial charge on any atom is 0.301 e. The first-order chi connectivity index (χ1) is 9.56. The van der Waals surface area contributed by atoms with Gasteiger partial charge in [0.05, 0.1) is 12.8 Å². The molecule has 0 aliphatic heterocycles. The third kappa shape index (κ3) is 4.36. The summed E-state index contributed by atoms with van der Waals surface area (Å²) in [4.78, 5) is 0. The molecule has 0 heterocycles. The Balaban J connectivity index is 3.11. The molecular weight excluding hydrogens is 278 g/mol. The molecule has 0 saturated carbocycles. The molecule has 0 atom stereocenters. The molecule has 6 nitrogen and oxygen atoms in total. The van der Waals surface area contributed by atoms with Gasteiger partial charge in [0.1, 0.15) is 5.75 Å². The quantitative estimate of drug-likeness (QED) is 0.715. The molecule has 0 saturated heterocycles. The van der Waals surface area contributed by atoms with Gasteiger partial charge in [-0.05, 0) is 31.5 Å². The third-order valence-corrected chi connectivity index (χ3v) is 4.27. The molecule has 7 heteroatoms. The standard InChI is InChI=1S/C13H23N3O3S/c1-3-10-15-20(17,18)16(11-6-9-14)12-7-4-5-8-13(12)19-2/h4-5,7-8,15H,3,6,9-11,14H2,1-2H3. The zero-order chi connectivity index (χ0) is 15.0. The fourth-order valence-corrected chi connectivity index (χ4v) is 3.15. The van der Waals surface area contributed by atoms with Crippen molar-refractivity contribution in [3.63, 3.8) is 0 Å². The summed E-state index contributed by atoms with van der Waals surface area (Å²) in [6.07, 6.45) is 1.31. The van der Waals surface area contributed by atoms with E-state index >= 15 is 0 Å². The van der Waals surface area contributed by atoms with Gasteiger partial charge in [0.15, 0.2) is 0 Å². The van der Waals surface area contributed by atoms with Gasteiger partial charge in [-0.15, -0.1) is 0 Å². The Kier molecular flexibility index (Phi) is 6.77. The molecule has 0 aromatic heterocycles. The van der Waals surface area contributed by atoms with Crippen LogP contribution in [0.4, 0.5) is 5.69 Å². The smallest absolute Gasteiger partial charge is 0.301 e. The second-order valence-corrected chi connectivity index (χ2v) is 5.97. The minimum atomic E-state index is -3.59. The highest BCUT2D eigenvalue weighted by atomic mass is 32.2. The van der Waals surface area contributed by atoms with Gasteiger partial charge in [-0.1, -0.05) is 19.1 Å². The molecule has 0 aliphatic carbocycles. The molecule has 0 radical (unpaired) electrons. The van der Waals surface area contributed by atoms with Crippen LogP contribution in [0.1, 0.15) is 19.8 Å². The number of nitrogens with two attached hydrogens (primary N) is 1. The number of hydrogen-bond acceptors (Lipinski definition) is 4. The van der Waals surface area contributed by atoms with Crippen LogP contribution in [0.2, 0.25) is 0 Å². The fraction of sp³-hybridized carbons (Fsp3) is 0.538. The van der Waals surface area contributed by atoms with Crippen LogP contribution in [0.15, 0.2) is 24.3 Å². The summed E-state index contributed by atoms with van der Waals surface area (Å²) < 4.78 is 33.9. The molecule has 0 bridgehead atoms. The molecule has 1 aromatic rings. The highest BCUT2D eigenvalue weighted by Gasteiger charge is 2.23. The number of nitrogens with one attached hydrogen (secondary N) is 1. The van der Waals surface area contributed by atoms with Crippen LogP contribution in [-0.4, -0.2) is 35.2 Å². The molecule has 0 aliphatic rings. The third-order valence-electron chi connectivity index (χ3n) is 2.74. The van der Waals surface area contributed by atoms with Gasteiger partial charge in [-0.25, -0.2) is 0 Å². The zero-order valence-electron chi connectivity index (χ0n) is 12.0. The lowest BCUT2D eigenvalue weighted by Gasteiger charge is -2.25. The zero-order valence-corrected chi connectivity index (χ0v) is 12.8. The van der Waals surface area contributed by atoms with E-state index in [1.807, 2.05) is 6.92 Å². The van der Waals surface area contributed by atoms with Gasteiger partial charge in [0, 0.05) is 13.1 Å². The Morgan fingerprint density at radius 2 is 2.05 bits per heavy atom. The van der Waals surface area contributed by atoms with Crippen molar-refractivity contribution in [3.8, 4) is 5.75 Å². The number of para-hydroxylation sites is 2. The number of methoxy groups -OCH3 is 1. The van der Waals surface area contributed by atoms with Crippen LogP contribution in [0.5, 0.6) is 5.75 Å². The topological polar surface area (TPSA) is 84.7 Å². The molecule has 0 fully saturated rings. The van der Waals surface area contributed by atoms with E-state index in [9.17, 15) is 8.42 Å². The number of benzene rings is 1. The van der Waals surface area contributed by atoms with Crippen LogP contribution in [0.3, 0.4) is 0 Å². The summed E-state index contributed by atoms with van der Waals surface area (Å²) in [7, 11) is -2.07. The van der Waals surface area contributed by atoms with Crippen LogP contribution in [0, 0.1) is 0 Å². The van der Waals surface area contributed by atoms with Gasteiger partial charge in [-0.2, -0.15) is 13.1 Å². The molecule has 0 amide bonds. The highest BCUT2D eigenvalue weighted by Crippen LogP contribution is 2.29. The van der Waals surface area contributed by atoms with Crippen LogP contribution < -0.4 is 19.5 Å².